The maximum absolute atomic E-state index is 2.53. The summed E-state index contributed by atoms with van der Waals surface area (Å²) in [5.41, 5.74) is 0. The molecular formula is C11H24N2. The average Bonchev–Trinajstić information content (AvgIpc) is 2.32. The first-order chi connectivity index (χ1) is 6.16. The molecule has 0 aromatic rings. The van der Waals surface area contributed by atoms with Gasteiger partial charge in [0, 0.05) is 25.7 Å². The number of nitrogens with zero attached hydrogens (tertiary/aromatic N) is 2. The number of rotatable bonds is 4. The maximum atomic E-state index is 2.53. The summed E-state index contributed by atoms with van der Waals surface area (Å²) < 4.78 is 0. The van der Waals surface area contributed by atoms with Gasteiger partial charge in [-0.1, -0.05) is 19.8 Å². The minimum atomic E-state index is 0.733. The summed E-state index contributed by atoms with van der Waals surface area (Å²) in [6.45, 7) is 8.16. The predicted octanol–water partition coefficient (Wildman–Crippen LogP) is 2.51. The fraction of sp³-hybridized carbons (Fsp3) is 1.00. The van der Waals surface area contributed by atoms with Crippen molar-refractivity contribution in [3.8, 4) is 0 Å². The molecule has 0 saturated carbocycles. The molecule has 2 atom stereocenters. The molecule has 2 nitrogen and oxygen atoms in total. The highest BCUT2D eigenvalue weighted by molar-refractivity contribution is 4.79. The van der Waals surface area contributed by atoms with Gasteiger partial charge in [0.1, 0.15) is 0 Å². The van der Waals surface area contributed by atoms with Crippen LogP contribution in [0.4, 0.5) is 0 Å². The summed E-state index contributed by atoms with van der Waals surface area (Å²) in [5, 5.41) is 4.95. The van der Waals surface area contributed by atoms with Crippen molar-refractivity contribution in [2.24, 2.45) is 0 Å². The smallest absolute Gasteiger partial charge is 0.0232 e. The summed E-state index contributed by atoms with van der Waals surface area (Å²) in [7, 11) is 2.22. The third-order valence-electron chi connectivity index (χ3n) is 3.22. The molecule has 1 aliphatic heterocycles. The molecule has 0 aliphatic carbocycles. The molecule has 1 rings (SSSR count). The van der Waals surface area contributed by atoms with Crippen LogP contribution in [0.25, 0.3) is 0 Å². The Balaban J connectivity index is 2.31. The summed E-state index contributed by atoms with van der Waals surface area (Å²) >= 11 is 0. The lowest BCUT2D eigenvalue weighted by atomic mass is 10.1. The van der Waals surface area contributed by atoms with Crippen molar-refractivity contribution in [2.45, 2.75) is 58.5 Å². The molecule has 13 heavy (non-hydrogen) atoms. The van der Waals surface area contributed by atoms with Gasteiger partial charge in [0.25, 0.3) is 0 Å². The third kappa shape index (κ3) is 2.68. The summed E-state index contributed by atoms with van der Waals surface area (Å²) in [5.74, 6) is 0. The van der Waals surface area contributed by atoms with Crippen molar-refractivity contribution < 1.29 is 0 Å². The minimum Gasteiger partial charge on any atom is -0.242 e. The quantitative estimate of drug-likeness (QED) is 0.619. The Hall–Kier alpha value is -0.0800. The van der Waals surface area contributed by atoms with E-state index in [1.165, 1.54) is 32.2 Å². The molecule has 1 aliphatic rings. The van der Waals surface area contributed by atoms with Crippen LogP contribution in [0.3, 0.4) is 0 Å². The SMILES string of the molecule is CCCCCN1C(C)CC(C)N1C. The summed E-state index contributed by atoms with van der Waals surface area (Å²) in [6, 6.07) is 1.48. The summed E-state index contributed by atoms with van der Waals surface area (Å²) in [4.78, 5) is 0. The second-order valence-electron chi connectivity index (χ2n) is 4.38. The van der Waals surface area contributed by atoms with Gasteiger partial charge in [-0.15, -0.1) is 0 Å². The largest absolute Gasteiger partial charge is 0.242 e. The van der Waals surface area contributed by atoms with E-state index in [4.69, 9.17) is 0 Å². The molecule has 1 fully saturated rings. The first kappa shape index (κ1) is 11.0. The fourth-order valence-corrected chi connectivity index (χ4v) is 2.23. The van der Waals surface area contributed by atoms with Gasteiger partial charge in [-0.25, -0.2) is 10.0 Å². The van der Waals surface area contributed by atoms with Gasteiger partial charge < -0.3 is 0 Å². The molecule has 0 amide bonds. The first-order valence-corrected chi connectivity index (χ1v) is 5.66. The monoisotopic (exact) mass is 184 g/mol. The molecule has 2 heteroatoms. The van der Waals surface area contributed by atoms with Crippen LogP contribution in [0, 0.1) is 0 Å². The Morgan fingerprint density at radius 2 is 1.85 bits per heavy atom. The lowest BCUT2D eigenvalue weighted by Gasteiger charge is -2.29. The van der Waals surface area contributed by atoms with Crippen LogP contribution < -0.4 is 0 Å². The van der Waals surface area contributed by atoms with E-state index in [1.54, 1.807) is 0 Å². The Kier molecular flexibility index (Phi) is 4.20. The zero-order valence-corrected chi connectivity index (χ0v) is 9.58. The number of hydrogen-bond donors (Lipinski definition) is 0. The van der Waals surface area contributed by atoms with Crippen LogP contribution in [0.1, 0.15) is 46.5 Å². The lowest BCUT2D eigenvalue weighted by Crippen LogP contribution is -2.40. The molecule has 1 saturated heterocycles. The van der Waals surface area contributed by atoms with Crippen LogP contribution >= 0.6 is 0 Å². The van der Waals surface area contributed by atoms with Crippen molar-refractivity contribution in [1.29, 1.82) is 0 Å². The van der Waals surface area contributed by atoms with Gasteiger partial charge in [0.05, 0.1) is 0 Å². The van der Waals surface area contributed by atoms with E-state index in [0.717, 1.165) is 12.1 Å². The van der Waals surface area contributed by atoms with E-state index < -0.39 is 0 Å². The highest BCUT2D eigenvalue weighted by Crippen LogP contribution is 2.22. The second kappa shape index (κ2) is 4.97. The van der Waals surface area contributed by atoms with E-state index >= 15 is 0 Å². The predicted molar refractivity (Wildman–Crippen MR) is 57.5 cm³/mol. The lowest BCUT2D eigenvalue weighted by molar-refractivity contribution is 0.00525. The van der Waals surface area contributed by atoms with Crippen molar-refractivity contribution in [3.63, 3.8) is 0 Å². The minimum absolute atomic E-state index is 0.733. The zero-order valence-electron chi connectivity index (χ0n) is 9.58. The standard InChI is InChI=1S/C11H24N2/c1-5-6-7-8-13-11(3)9-10(2)12(13)4/h10-11H,5-9H2,1-4H3. The van der Waals surface area contributed by atoms with E-state index in [-0.39, 0.29) is 0 Å². The van der Waals surface area contributed by atoms with E-state index in [0.29, 0.717) is 0 Å². The Morgan fingerprint density at radius 3 is 2.31 bits per heavy atom. The van der Waals surface area contributed by atoms with Gasteiger partial charge in [-0.3, -0.25) is 0 Å². The number of unbranched alkanes of at least 4 members (excludes halogenated alkanes) is 2. The van der Waals surface area contributed by atoms with E-state index in [9.17, 15) is 0 Å². The van der Waals surface area contributed by atoms with Gasteiger partial charge in [-0.05, 0) is 26.7 Å². The molecule has 0 spiro atoms. The summed E-state index contributed by atoms with van der Waals surface area (Å²) in [6.07, 6.45) is 5.35. The van der Waals surface area contributed by atoms with E-state index in [2.05, 4.69) is 37.8 Å². The molecular weight excluding hydrogens is 160 g/mol. The van der Waals surface area contributed by atoms with Gasteiger partial charge in [0.15, 0.2) is 0 Å². The highest BCUT2D eigenvalue weighted by atomic mass is 15.7. The fourth-order valence-electron chi connectivity index (χ4n) is 2.23. The van der Waals surface area contributed by atoms with E-state index in [1.807, 2.05) is 0 Å². The van der Waals surface area contributed by atoms with Gasteiger partial charge in [0.2, 0.25) is 0 Å². The van der Waals surface area contributed by atoms with Crippen LogP contribution in [0.15, 0.2) is 0 Å². The van der Waals surface area contributed by atoms with Crippen molar-refractivity contribution in [3.05, 3.63) is 0 Å². The molecule has 78 valence electrons. The van der Waals surface area contributed by atoms with Crippen molar-refractivity contribution in [2.75, 3.05) is 13.6 Å². The van der Waals surface area contributed by atoms with Gasteiger partial charge >= 0.3 is 0 Å². The maximum Gasteiger partial charge on any atom is 0.0232 e. The van der Waals surface area contributed by atoms with Gasteiger partial charge in [-0.2, -0.15) is 0 Å². The normalized spacial score (nSPS) is 31.4. The second-order valence-corrected chi connectivity index (χ2v) is 4.38. The molecule has 0 aromatic heterocycles. The average molecular weight is 184 g/mol. The number of hydrazine groups is 1. The topological polar surface area (TPSA) is 6.48 Å². The molecule has 0 aromatic carbocycles. The van der Waals surface area contributed by atoms with Crippen LogP contribution in [0.2, 0.25) is 0 Å². The zero-order chi connectivity index (χ0) is 9.84. The highest BCUT2D eigenvalue weighted by Gasteiger charge is 2.30. The Morgan fingerprint density at radius 1 is 1.15 bits per heavy atom. The van der Waals surface area contributed by atoms with Crippen molar-refractivity contribution in [1.82, 2.24) is 10.0 Å². The molecule has 0 radical (unpaired) electrons. The van der Waals surface area contributed by atoms with Crippen molar-refractivity contribution >= 4 is 0 Å². The Labute approximate surface area is 82.9 Å². The van der Waals surface area contributed by atoms with Crippen LogP contribution in [-0.2, 0) is 0 Å². The molecule has 0 N–H and O–H groups in total. The third-order valence-corrected chi connectivity index (χ3v) is 3.22. The van der Waals surface area contributed by atoms with Crippen LogP contribution in [-0.4, -0.2) is 35.7 Å². The molecule has 1 heterocycles. The molecule has 2 unspecified atom stereocenters. The first-order valence-electron chi connectivity index (χ1n) is 5.66. The Bertz CT molecular complexity index is 147. The van der Waals surface area contributed by atoms with Crippen LogP contribution in [0.5, 0.6) is 0 Å². The number of hydrogen-bond acceptors (Lipinski definition) is 2. The molecule has 0 bridgehead atoms.